The Labute approximate surface area is 616 Å². The minimum atomic E-state index is -1.27. The second kappa shape index (κ2) is 31.0. The molecule has 107 heavy (non-hydrogen) atoms. The molecule has 0 saturated carbocycles. The Hall–Kier alpha value is -12.6. The number of carboxylic acid groups (broad SMARTS) is 1. The monoisotopic (exact) mass is 1430 g/mol. The number of ether oxygens (including phenoxy) is 2. The molecule has 1 aliphatic heterocycles. The van der Waals surface area contributed by atoms with Crippen molar-refractivity contribution in [2.75, 3.05) is 105 Å². The number of likely N-dealkylation sites (N-methyl/N-ethyl adjacent to an activating group) is 1. The van der Waals surface area contributed by atoms with Crippen LogP contribution in [0.15, 0.2) is 179 Å². The van der Waals surface area contributed by atoms with E-state index in [0.717, 1.165) is 129 Å². The highest BCUT2D eigenvalue weighted by atomic mass is 16.5. The van der Waals surface area contributed by atoms with Crippen molar-refractivity contribution in [3.05, 3.63) is 245 Å². The number of piperazine rings is 1. The molecule has 4 N–H and O–H groups in total. The third kappa shape index (κ3) is 15.3. The van der Waals surface area contributed by atoms with Gasteiger partial charge in [0, 0.05) is 143 Å². The summed E-state index contributed by atoms with van der Waals surface area (Å²) in [6.45, 7) is 7.86. The van der Waals surface area contributed by atoms with Gasteiger partial charge in [0.25, 0.3) is 0 Å². The molecule has 12 aromatic rings. The number of aryl methyl sites for hydroxylation is 6. The molecule has 0 spiro atoms. The predicted molar refractivity (Wildman–Crippen MR) is 418 cm³/mol. The number of esters is 2. The molecule has 0 bridgehead atoms. The highest BCUT2D eigenvalue weighted by Gasteiger charge is 2.25. The summed E-state index contributed by atoms with van der Waals surface area (Å²) in [5, 5.41) is 20.0. The average Bonchev–Trinajstić information content (AvgIpc) is 1.76. The molecule has 6 aromatic heterocycles. The molecule has 25 heteroatoms. The molecular formula is C82H82N16O9. The fraction of sp³-hybridized carbons (Fsp3) is 0.268. The number of benzene rings is 6. The van der Waals surface area contributed by atoms with E-state index in [-0.39, 0.29) is 46.1 Å². The lowest BCUT2D eigenvalue weighted by atomic mass is 10.1. The molecule has 1 saturated heterocycles. The molecular weight excluding hydrogens is 1350 g/mol. The lowest BCUT2D eigenvalue weighted by Crippen LogP contribution is -2.44. The van der Waals surface area contributed by atoms with E-state index in [0.29, 0.717) is 34.8 Å². The number of carbonyl (C=O) groups is 3. The molecule has 16 rings (SSSR count). The highest BCUT2D eigenvalue weighted by molar-refractivity contribution is 5.95. The maximum absolute atomic E-state index is 13.2. The normalized spacial score (nSPS) is 13.5. The quantitative estimate of drug-likeness (QED) is 0.0616. The molecule has 0 radical (unpaired) electrons. The van der Waals surface area contributed by atoms with Gasteiger partial charge in [-0.1, -0.05) is 24.3 Å². The van der Waals surface area contributed by atoms with E-state index in [2.05, 4.69) is 106 Å². The summed E-state index contributed by atoms with van der Waals surface area (Å²) in [7, 11) is 10.1. The third-order valence-corrected chi connectivity index (χ3v) is 19.8. The van der Waals surface area contributed by atoms with Crippen molar-refractivity contribution < 1.29 is 29.0 Å². The number of aromatic nitrogens is 9. The second-order valence-electron chi connectivity index (χ2n) is 27.3. The van der Waals surface area contributed by atoms with E-state index in [1.54, 1.807) is 27.5 Å². The average molecular weight is 1440 g/mol. The van der Waals surface area contributed by atoms with Crippen molar-refractivity contribution in [2.45, 2.75) is 71.6 Å². The van der Waals surface area contributed by atoms with Gasteiger partial charge in [-0.25, -0.2) is 29.3 Å². The fourth-order valence-corrected chi connectivity index (χ4v) is 14.0. The standard InChI is InChI=1S/C28H28N6O3.2C27H27N5O3/c1-32-11-13-33(14-12-32)21-9-6-20(7-10-21)30-28-29-16-23-25(35)24(27(36)37)17-34(26(23)31-28)22-8-5-18-3-2-4-19(18)15-22;1-4-35-26(34)23-16-32(21-12-11-17-7-5-8-18(17)13-21)25-22(24(23)33)15-28-27(30-25)29-19-9-6-10-20(14-19)31(2)3;1-4-35-26(34)23-16-32(21-11-8-17-6-5-7-18(17)14-21)25-22(24(23)33)15-28-27(30-25)29-19-9-12-20(13-10-19)31(2)3/h5-10,15-17H,2-4,11-14H2,1H3,(H,36,37)(H,29,30,31);6,9-16H,4-5,7-8H2,1-3H3,(H,28,29,30);8-16H,4-7H2,1-3H3,(H,28,29,30). The maximum Gasteiger partial charge on any atom is 0.343 e. The highest BCUT2D eigenvalue weighted by Crippen LogP contribution is 2.32. The Balaban J connectivity index is 0.000000135. The number of carbonyl (C=O) groups excluding carboxylic acids is 2. The smallest absolute Gasteiger partial charge is 0.343 e. The predicted octanol–water partition coefficient (Wildman–Crippen LogP) is 12.0. The van der Waals surface area contributed by atoms with Gasteiger partial charge < -0.3 is 63.8 Å². The van der Waals surface area contributed by atoms with E-state index in [1.807, 2.05) is 117 Å². The van der Waals surface area contributed by atoms with Crippen molar-refractivity contribution in [1.82, 2.24) is 48.5 Å². The summed E-state index contributed by atoms with van der Waals surface area (Å²) >= 11 is 0. The van der Waals surface area contributed by atoms with Crippen LogP contribution in [0.2, 0.25) is 0 Å². The summed E-state index contributed by atoms with van der Waals surface area (Å²) in [5.41, 5.74) is 15.3. The van der Waals surface area contributed by atoms with Crippen LogP contribution in [0.1, 0.15) is 97.6 Å². The Morgan fingerprint density at radius 1 is 0.439 bits per heavy atom. The minimum Gasteiger partial charge on any atom is -0.477 e. The molecule has 544 valence electrons. The maximum atomic E-state index is 13.2. The van der Waals surface area contributed by atoms with Gasteiger partial charge in [-0.15, -0.1) is 0 Å². The van der Waals surface area contributed by atoms with Gasteiger partial charge in [0.05, 0.1) is 29.4 Å². The van der Waals surface area contributed by atoms with Crippen LogP contribution in [0.3, 0.4) is 0 Å². The lowest BCUT2D eigenvalue weighted by Gasteiger charge is -2.34. The molecule has 0 atom stereocenters. The van der Waals surface area contributed by atoms with Crippen molar-refractivity contribution in [3.63, 3.8) is 0 Å². The van der Waals surface area contributed by atoms with Gasteiger partial charge >= 0.3 is 17.9 Å². The Morgan fingerprint density at radius 2 is 0.813 bits per heavy atom. The number of fused-ring (bicyclic) bond motifs is 6. The van der Waals surface area contributed by atoms with Crippen LogP contribution in [-0.2, 0) is 48.0 Å². The number of anilines is 9. The summed E-state index contributed by atoms with van der Waals surface area (Å²) < 4.78 is 15.5. The van der Waals surface area contributed by atoms with Crippen LogP contribution < -0.4 is 46.9 Å². The largest absolute Gasteiger partial charge is 0.477 e. The zero-order valence-corrected chi connectivity index (χ0v) is 60.7. The molecule has 3 aliphatic carbocycles. The molecule has 4 aliphatic rings. The van der Waals surface area contributed by atoms with Gasteiger partial charge in [0.1, 0.15) is 16.7 Å². The second-order valence-corrected chi connectivity index (χ2v) is 27.3. The molecule has 7 heterocycles. The van der Waals surface area contributed by atoms with E-state index < -0.39 is 34.2 Å². The van der Waals surface area contributed by atoms with Gasteiger partial charge in [0.15, 0.2) is 16.9 Å². The van der Waals surface area contributed by atoms with Crippen LogP contribution in [-0.4, -0.2) is 146 Å². The van der Waals surface area contributed by atoms with Crippen molar-refractivity contribution in [1.29, 1.82) is 0 Å². The van der Waals surface area contributed by atoms with Gasteiger partial charge in [-0.05, 0) is 215 Å². The first-order valence-corrected chi connectivity index (χ1v) is 36.0. The Bertz CT molecular complexity index is 5610. The van der Waals surface area contributed by atoms with Crippen LogP contribution >= 0.6 is 0 Å². The Morgan fingerprint density at radius 3 is 1.21 bits per heavy atom. The topological polar surface area (TPSA) is 282 Å². The van der Waals surface area contributed by atoms with Crippen molar-refractivity contribution in [2.24, 2.45) is 0 Å². The van der Waals surface area contributed by atoms with Crippen LogP contribution in [0, 0.1) is 0 Å². The first-order valence-electron chi connectivity index (χ1n) is 36.0. The zero-order valence-electron chi connectivity index (χ0n) is 60.7. The van der Waals surface area contributed by atoms with E-state index in [4.69, 9.17) is 14.5 Å². The summed E-state index contributed by atoms with van der Waals surface area (Å²) in [4.78, 5) is 112. The van der Waals surface area contributed by atoms with E-state index in [1.165, 1.54) is 76.2 Å². The van der Waals surface area contributed by atoms with Gasteiger partial charge in [-0.3, -0.25) is 14.4 Å². The van der Waals surface area contributed by atoms with Crippen LogP contribution in [0.5, 0.6) is 0 Å². The van der Waals surface area contributed by atoms with Crippen molar-refractivity contribution >= 4 is 103 Å². The molecule has 25 nitrogen and oxygen atoms in total. The first kappa shape index (κ1) is 71.4. The molecule has 6 aromatic carbocycles. The number of nitrogens with one attached hydrogen (secondary N) is 3. The number of hydrogen-bond acceptors (Lipinski definition) is 21. The number of rotatable bonds is 17. The third-order valence-electron chi connectivity index (χ3n) is 19.8. The number of nitrogens with zero attached hydrogens (tertiary/aromatic N) is 13. The number of hydrogen-bond donors (Lipinski definition) is 4. The lowest BCUT2D eigenvalue weighted by molar-refractivity contribution is 0.0514. The molecule has 0 amide bonds. The summed E-state index contributed by atoms with van der Waals surface area (Å²) in [6, 6.07) is 42.4. The Kier molecular flexibility index (Phi) is 20.7. The van der Waals surface area contributed by atoms with E-state index >= 15 is 0 Å². The van der Waals surface area contributed by atoms with Gasteiger partial charge in [0.2, 0.25) is 34.1 Å². The first-order chi connectivity index (χ1) is 51.8. The van der Waals surface area contributed by atoms with Crippen LogP contribution in [0.25, 0.3) is 50.2 Å². The fourth-order valence-electron chi connectivity index (χ4n) is 14.0. The molecule has 0 unspecified atom stereocenters. The van der Waals surface area contributed by atoms with Crippen molar-refractivity contribution in [3.8, 4) is 17.1 Å². The summed E-state index contributed by atoms with van der Waals surface area (Å²) in [5.74, 6) is -1.55. The number of carboxylic acids is 1. The van der Waals surface area contributed by atoms with Gasteiger partial charge in [-0.2, -0.15) is 15.0 Å². The number of aromatic carboxylic acids is 1. The zero-order chi connectivity index (χ0) is 74.6. The molecule has 1 fully saturated rings. The van der Waals surface area contributed by atoms with Crippen LogP contribution in [0.4, 0.5) is 52.0 Å². The minimum absolute atomic E-state index is 0.0385. The number of pyridine rings is 3. The van der Waals surface area contributed by atoms with E-state index in [9.17, 15) is 33.9 Å². The SMILES string of the molecule is CCOC(=O)c1cn(-c2ccc3c(c2)CCC3)c2nc(Nc3ccc(N(C)C)cc3)ncc2c1=O.CCOC(=O)c1cn(-c2ccc3c(c2)CCC3)c2nc(Nc3cccc(N(C)C)c3)ncc2c1=O.CN1CCN(c2ccc(Nc3ncc4c(=O)c(C(=O)O)cn(-c5ccc6c(c5)CCC6)c4n3)cc2)CC1. The summed E-state index contributed by atoms with van der Waals surface area (Å²) in [6.07, 6.45) is 18.3.